The van der Waals surface area contributed by atoms with Crippen LogP contribution < -0.4 is 9.47 Å². The van der Waals surface area contributed by atoms with E-state index in [0.717, 1.165) is 17.7 Å². The summed E-state index contributed by atoms with van der Waals surface area (Å²) in [4.78, 5) is 0. The van der Waals surface area contributed by atoms with E-state index in [1.54, 1.807) is 10.9 Å². The van der Waals surface area contributed by atoms with Crippen molar-refractivity contribution >= 4 is 0 Å². The van der Waals surface area contributed by atoms with Crippen LogP contribution in [0.5, 0.6) is 11.5 Å². The molecule has 2 aromatic rings. The second-order valence-corrected chi connectivity index (χ2v) is 4.50. The first-order chi connectivity index (χ1) is 9.33. The normalized spacial score (nSPS) is 15.8. The minimum Gasteiger partial charge on any atom is -0.490 e. The molecule has 1 atom stereocenters. The van der Waals surface area contributed by atoms with Gasteiger partial charge >= 0.3 is 0 Å². The number of benzene rings is 1. The van der Waals surface area contributed by atoms with E-state index in [2.05, 4.69) is 5.10 Å². The first-order valence-electron chi connectivity index (χ1n) is 6.38. The minimum atomic E-state index is -0.614. The third-order valence-electron chi connectivity index (χ3n) is 3.08. The van der Waals surface area contributed by atoms with E-state index in [4.69, 9.17) is 9.47 Å². The maximum absolute atomic E-state index is 10.2. The molecule has 0 saturated heterocycles. The molecular formula is C14H16N2O3. The van der Waals surface area contributed by atoms with Gasteiger partial charge in [-0.15, -0.1) is 0 Å². The van der Waals surface area contributed by atoms with Crippen LogP contribution in [0, 0.1) is 0 Å². The Balaban J connectivity index is 1.79. The fourth-order valence-corrected chi connectivity index (χ4v) is 2.08. The van der Waals surface area contributed by atoms with Crippen LogP contribution in [-0.4, -0.2) is 28.1 Å². The summed E-state index contributed by atoms with van der Waals surface area (Å²) in [6, 6.07) is 7.39. The lowest BCUT2D eigenvalue weighted by atomic mass is 10.1. The van der Waals surface area contributed by atoms with Crippen LogP contribution in [0.1, 0.15) is 18.1 Å². The Bertz CT molecular complexity index is 540. The Hall–Kier alpha value is -2.01. The number of ether oxygens (including phenoxy) is 2. The number of aliphatic hydroxyl groups excluding tert-OH is 1. The second-order valence-electron chi connectivity index (χ2n) is 4.50. The first kappa shape index (κ1) is 12.0. The van der Waals surface area contributed by atoms with Gasteiger partial charge in [-0.3, -0.25) is 4.68 Å². The first-order valence-corrected chi connectivity index (χ1v) is 6.38. The highest BCUT2D eigenvalue weighted by Crippen LogP contribution is 2.32. The van der Waals surface area contributed by atoms with Gasteiger partial charge in [0.1, 0.15) is 0 Å². The Morgan fingerprint density at radius 2 is 2.11 bits per heavy atom. The highest BCUT2D eigenvalue weighted by molar-refractivity contribution is 5.44. The van der Waals surface area contributed by atoms with E-state index in [1.807, 2.05) is 30.5 Å². The molecule has 1 unspecified atom stereocenters. The third kappa shape index (κ3) is 2.71. The molecule has 19 heavy (non-hydrogen) atoms. The van der Waals surface area contributed by atoms with E-state index in [1.165, 1.54) is 0 Å². The van der Waals surface area contributed by atoms with Crippen molar-refractivity contribution in [1.82, 2.24) is 9.78 Å². The number of rotatable bonds is 3. The molecule has 2 heterocycles. The summed E-state index contributed by atoms with van der Waals surface area (Å²) in [5.41, 5.74) is 0.805. The van der Waals surface area contributed by atoms with Gasteiger partial charge in [0.2, 0.25) is 0 Å². The highest BCUT2D eigenvalue weighted by atomic mass is 16.5. The van der Waals surface area contributed by atoms with Gasteiger partial charge in [-0.2, -0.15) is 5.10 Å². The lowest BCUT2D eigenvalue weighted by molar-refractivity contribution is 0.151. The maximum atomic E-state index is 10.2. The molecule has 0 radical (unpaired) electrons. The number of nitrogens with zero attached hydrogens (tertiary/aromatic N) is 2. The summed E-state index contributed by atoms with van der Waals surface area (Å²) >= 11 is 0. The Morgan fingerprint density at radius 1 is 1.26 bits per heavy atom. The largest absolute Gasteiger partial charge is 0.490 e. The van der Waals surface area contributed by atoms with Crippen molar-refractivity contribution in [1.29, 1.82) is 0 Å². The topological polar surface area (TPSA) is 56.5 Å². The molecule has 0 bridgehead atoms. The zero-order chi connectivity index (χ0) is 13.1. The van der Waals surface area contributed by atoms with Gasteiger partial charge in [0.15, 0.2) is 11.5 Å². The number of aromatic nitrogens is 2. The number of fused-ring (bicyclic) bond motifs is 1. The molecule has 1 N–H and O–H groups in total. The Morgan fingerprint density at radius 3 is 2.89 bits per heavy atom. The molecule has 5 nitrogen and oxygen atoms in total. The summed E-state index contributed by atoms with van der Waals surface area (Å²) in [6.07, 6.45) is 3.78. The van der Waals surface area contributed by atoms with Gasteiger partial charge in [0.05, 0.1) is 25.9 Å². The molecule has 3 rings (SSSR count). The van der Waals surface area contributed by atoms with Crippen molar-refractivity contribution in [3.63, 3.8) is 0 Å². The van der Waals surface area contributed by atoms with Crippen LogP contribution in [0.2, 0.25) is 0 Å². The average Bonchev–Trinajstić information content (AvgIpc) is 2.81. The highest BCUT2D eigenvalue weighted by Gasteiger charge is 2.15. The lowest BCUT2D eigenvalue weighted by Gasteiger charge is -2.14. The van der Waals surface area contributed by atoms with Crippen molar-refractivity contribution in [2.45, 2.75) is 19.1 Å². The molecule has 1 aromatic carbocycles. The van der Waals surface area contributed by atoms with Crippen molar-refractivity contribution in [2.75, 3.05) is 13.2 Å². The predicted molar refractivity (Wildman–Crippen MR) is 69.2 cm³/mol. The van der Waals surface area contributed by atoms with Crippen molar-refractivity contribution in [2.24, 2.45) is 0 Å². The fraction of sp³-hybridized carbons (Fsp3) is 0.357. The molecule has 1 aliphatic rings. The molecule has 1 aromatic heterocycles. The minimum absolute atomic E-state index is 0.423. The summed E-state index contributed by atoms with van der Waals surface area (Å²) in [7, 11) is 0. The standard InChI is InChI=1S/C14H16N2O3/c17-12(10-16-6-1-5-15-16)11-3-4-13-14(9-11)19-8-2-7-18-13/h1,3-6,9,12,17H,2,7-8,10H2. The zero-order valence-corrected chi connectivity index (χ0v) is 10.5. The van der Waals surface area contributed by atoms with E-state index in [-0.39, 0.29) is 0 Å². The third-order valence-corrected chi connectivity index (χ3v) is 3.08. The zero-order valence-electron chi connectivity index (χ0n) is 10.5. The van der Waals surface area contributed by atoms with Crippen LogP contribution >= 0.6 is 0 Å². The van der Waals surface area contributed by atoms with Crippen LogP contribution in [0.3, 0.4) is 0 Å². The van der Waals surface area contributed by atoms with Gasteiger partial charge < -0.3 is 14.6 Å². The van der Waals surface area contributed by atoms with Crippen LogP contribution in [0.4, 0.5) is 0 Å². The SMILES string of the molecule is OC(Cn1cccn1)c1ccc2c(c1)OCCCO2. The second kappa shape index (κ2) is 5.32. The molecule has 0 spiro atoms. The molecular weight excluding hydrogens is 244 g/mol. The van der Waals surface area contributed by atoms with Gasteiger partial charge in [0.25, 0.3) is 0 Å². The molecule has 100 valence electrons. The van der Waals surface area contributed by atoms with Crippen molar-refractivity contribution in [3.8, 4) is 11.5 Å². The monoisotopic (exact) mass is 260 g/mol. The quantitative estimate of drug-likeness (QED) is 0.914. The Labute approximate surface area is 111 Å². The van der Waals surface area contributed by atoms with E-state index in [0.29, 0.717) is 25.5 Å². The average molecular weight is 260 g/mol. The summed E-state index contributed by atoms with van der Waals surface area (Å²) in [5, 5.41) is 14.3. The van der Waals surface area contributed by atoms with E-state index < -0.39 is 6.10 Å². The van der Waals surface area contributed by atoms with E-state index >= 15 is 0 Å². The van der Waals surface area contributed by atoms with Crippen molar-refractivity contribution in [3.05, 3.63) is 42.2 Å². The smallest absolute Gasteiger partial charge is 0.161 e. The van der Waals surface area contributed by atoms with Crippen molar-refractivity contribution < 1.29 is 14.6 Å². The summed E-state index contributed by atoms with van der Waals surface area (Å²) in [5.74, 6) is 1.45. The number of hydrogen-bond acceptors (Lipinski definition) is 4. The van der Waals surface area contributed by atoms with Crippen LogP contribution in [0.25, 0.3) is 0 Å². The predicted octanol–water partition coefficient (Wildman–Crippen LogP) is 1.78. The summed E-state index contributed by atoms with van der Waals surface area (Å²) in [6.45, 7) is 1.74. The number of hydrogen-bond donors (Lipinski definition) is 1. The number of aliphatic hydroxyl groups is 1. The van der Waals surface area contributed by atoms with Crippen LogP contribution in [-0.2, 0) is 6.54 Å². The van der Waals surface area contributed by atoms with Gasteiger partial charge in [-0.1, -0.05) is 6.07 Å². The Kier molecular flexibility index (Phi) is 3.37. The molecule has 1 aliphatic heterocycles. The lowest BCUT2D eigenvalue weighted by Crippen LogP contribution is -2.09. The molecule has 5 heteroatoms. The summed E-state index contributed by atoms with van der Waals surface area (Å²) < 4.78 is 12.9. The molecule has 0 amide bonds. The van der Waals surface area contributed by atoms with E-state index in [9.17, 15) is 5.11 Å². The van der Waals surface area contributed by atoms with Gasteiger partial charge in [-0.05, 0) is 23.8 Å². The molecule has 0 aliphatic carbocycles. The maximum Gasteiger partial charge on any atom is 0.161 e. The molecule has 0 saturated carbocycles. The van der Waals surface area contributed by atoms with Gasteiger partial charge in [0, 0.05) is 18.8 Å². The van der Waals surface area contributed by atoms with Gasteiger partial charge in [-0.25, -0.2) is 0 Å². The van der Waals surface area contributed by atoms with Crippen LogP contribution in [0.15, 0.2) is 36.7 Å². The molecule has 0 fully saturated rings. The fourth-order valence-electron chi connectivity index (χ4n) is 2.08.